The number of ketones is 1. The van der Waals surface area contributed by atoms with Crippen LogP contribution in [0.2, 0.25) is 0 Å². The van der Waals surface area contributed by atoms with E-state index in [4.69, 9.17) is 0 Å². The third kappa shape index (κ3) is 2.80. The van der Waals surface area contributed by atoms with Crippen LogP contribution in [-0.4, -0.2) is 14.9 Å². The Balaban J connectivity index is 1.99. The van der Waals surface area contributed by atoms with Gasteiger partial charge in [0.1, 0.15) is 0 Å². The molecule has 0 radical (unpaired) electrons. The minimum absolute atomic E-state index is 0.0113. The van der Waals surface area contributed by atoms with Gasteiger partial charge in [-0.25, -0.2) is 4.79 Å². The Morgan fingerprint density at radius 3 is 2.33 bits per heavy atom. The largest absolute Gasteiger partial charge is 0.329 e. The van der Waals surface area contributed by atoms with E-state index in [9.17, 15) is 9.59 Å². The predicted octanol–water partition coefficient (Wildman–Crippen LogP) is 3.58. The molecule has 0 aliphatic carbocycles. The molecule has 0 aliphatic heterocycles. The van der Waals surface area contributed by atoms with E-state index in [0.29, 0.717) is 19.5 Å². The standard InChI is InChI=1S/C20H22N2O2/c1-4-21-17-10-9-15(12-18(17)22(5-2)20(21)24)13-19(23)16-8-6-7-14(3)11-16/h6-12H,4-5,13H2,1-3H3. The first-order valence-corrected chi connectivity index (χ1v) is 8.37. The number of hydrogen-bond acceptors (Lipinski definition) is 2. The second-order valence-corrected chi connectivity index (χ2v) is 6.06. The van der Waals surface area contributed by atoms with E-state index in [1.165, 1.54) is 0 Å². The van der Waals surface area contributed by atoms with Gasteiger partial charge in [0.15, 0.2) is 5.78 Å². The van der Waals surface area contributed by atoms with Crippen molar-refractivity contribution >= 4 is 16.8 Å². The lowest BCUT2D eigenvalue weighted by Gasteiger charge is -2.05. The zero-order valence-corrected chi connectivity index (χ0v) is 14.4. The zero-order chi connectivity index (χ0) is 17.3. The van der Waals surface area contributed by atoms with E-state index in [-0.39, 0.29) is 11.5 Å². The molecule has 4 heteroatoms. The van der Waals surface area contributed by atoms with Gasteiger partial charge in [-0.15, -0.1) is 0 Å². The van der Waals surface area contributed by atoms with Gasteiger partial charge in [-0.3, -0.25) is 13.9 Å². The molecule has 0 spiro atoms. The lowest BCUT2D eigenvalue weighted by atomic mass is 10.0. The van der Waals surface area contributed by atoms with Gasteiger partial charge in [0.05, 0.1) is 11.0 Å². The molecule has 1 heterocycles. The molecule has 1 aromatic heterocycles. The normalized spacial score (nSPS) is 11.1. The van der Waals surface area contributed by atoms with E-state index in [1.54, 1.807) is 9.13 Å². The number of nitrogens with zero attached hydrogens (tertiary/aromatic N) is 2. The molecular formula is C20H22N2O2. The molecule has 4 nitrogen and oxygen atoms in total. The molecule has 124 valence electrons. The van der Waals surface area contributed by atoms with Crippen molar-refractivity contribution in [3.63, 3.8) is 0 Å². The number of benzene rings is 2. The first kappa shape index (κ1) is 16.2. The van der Waals surface area contributed by atoms with Crippen LogP contribution in [-0.2, 0) is 19.5 Å². The Bertz CT molecular complexity index is 963. The van der Waals surface area contributed by atoms with Gasteiger partial charge in [-0.05, 0) is 44.5 Å². The zero-order valence-electron chi connectivity index (χ0n) is 14.4. The van der Waals surface area contributed by atoms with Crippen molar-refractivity contribution < 1.29 is 4.79 Å². The van der Waals surface area contributed by atoms with Crippen LogP contribution in [0.25, 0.3) is 11.0 Å². The van der Waals surface area contributed by atoms with Gasteiger partial charge in [-0.1, -0.05) is 29.8 Å². The Labute approximate surface area is 141 Å². The van der Waals surface area contributed by atoms with Gasteiger partial charge in [-0.2, -0.15) is 0 Å². The lowest BCUT2D eigenvalue weighted by molar-refractivity contribution is 0.0993. The summed E-state index contributed by atoms with van der Waals surface area (Å²) in [7, 11) is 0. The first-order chi connectivity index (χ1) is 11.5. The number of carbonyl (C=O) groups excluding carboxylic acids is 1. The van der Waals surface area contributed by atoms with E-state index < -0.39 is 0 Å². The Hall–Kier alpha value is -2.62. The summed E-state index contributed by atoms with van der Waals surface area (Å²) in [5.74, 6) is 0.0957. The monoisotopic (exact) mass is 322 g/mol. The van der Waals surface area contributed by atoms with Crippen LogP contribution in [0, 0.1) is 6.92 Å². The summed E-state index contributed by atoms with van der Waals surface area (Å²) in [6, 6.07) is 13.5. The molecule has 2 aromatic carbocycles. The summed E-state index contributed by atoms with van der Waals surface area (Å²) < 4.78 is 3.53. The highest BCUT2D eigenvalue weighted by Crippen LogP contribution is 2.17. The average Bonchev–Trinajstić information content (AvgIpc) is 2.84. The number of imidazole rings is 1. The summed E-state index contributed by atoms with van der Waals surface area (Å²) in [4.78, 5) is 24.9. The van der Waals surface area contributed by atoms with Gasteiger partial charge in [0.25, 0.3) is 0 Å². The highest BCUT2D eigenvalue weighted by atomic mass is 16.1. The molecule has 0 aliphatic rings. The third-order valence-corrected chi connectivity index (χ3v) is 4.42. The van der Waals surface area contributed by atoms with Crippen LogP contribution in [0.15, 0.2) is 47.3 Å². The van der Waals surface area contributed by atoms with E-state index in [2.05, 4.69) is 0 Å². The quantitative estimate of drug-likeness (QED) is 0.674. The van der Waals surface area contributed by atoms with Crippen LogP contribution in [0.4, 0.5) is 0 Å². The second-order valence-electron chi connectivity index (χ2n) is 6.06. The molecule has 0 atom stereocenters. The fraction of sp³-hybridized carbons (Fsp3) is 0.300. The van der Waals surface area contributed by atoms with Crippen molar-refractivity contribution in [2.75, 3.05) is 0 Å². The van der Waals surface area contributed by atoms with Gasteiger partial charge in [0, 0.05) is 25.1 Å². The smallest absolute Gasteiger partial charge is 0.294 e. The highest BCUT2D eigenvalue weighted by molar-refractivity contribution is 5.98. The minimum Gasteiger partial charge on any atom is -0.294 e. The Morgan fingerprint density at radius 2 is 1.67 bits per heavy atom. The Morgan fingerprint density at radius 1 is 0.958 bits per heavy atom. The van der Waals surface area contributed by atoms with Crippen molar-refractivity contribution in [3.05, 3.63) is 69.6 Å². The van der Waals surface area contributed by atoms with Crippen LogP contribution in [0.3, 0.4) is 0 Å². The van der Waals surface area contributed by atoms with Gasteiger partial charge >= 0.3 is 5.69 Å². The molecule has 0 saturated heterocycles. The molecule has 0 saturated carbocycles. The number of aromatic nitrogens is 2. The third-order valence-electron chi connectivity index (χ3n) is 4.42. The van der Waals surface area contributed by atoms with Crippen molar-refractivity contribution in [2.45, 2.75) is 40.3 Å². The van der Waals surface area contributed by atoms with Crippen LogP contribution < -0.4 is 5.69 Å². The highest BCUT2D eigenvalue weighted by Gasteiger charge is 2.13. The minimum atomic E-state index is 0.0113. The molecule has 0 N–H and O–H groups in total. The maximum Gasteiger partial charge on any atom is 0.329 e. The van der Waals surface area contributed by atoms with Crippen molar-refractivity contribution in [3.8, 4) is 0 Å². The summed E-state index contributed by atoms with van der Waals surface area (Å²) in [5, 5.41) is 0. The molecule has 3 rings (SSSR count). The summed E-state index contributed by atoms with van der Waals surface area (Å²) in [5.41, 5.74) is 4.59. The average molecular weight is 322 g/mol. The summed E-state index contributed by atoms with van der Waals surface area (Å²) in [6.45, 7) is 7.18. The van der Waals surface area contributed by atoms with E-state index in [1.807, 2.05) is 63.2 Å². The van der Waals surface area contributed by atoms with E-state index in [0.717, 1.165) is 27.7 Å². The van der Waals surface area contributed by atoms with Crippen LogP contribution in [0.5, 0.6) is 0 Å². The fourth-order valence-corrected chi connectivity index (χ4v) is 3.19. The molecule has 0 unspecified atom stereocenters. The maximum absolute atomic E-state index is 12.5. The number of aryl methyl sites for hydroxylation is 3. The molecule has 0 bridgehead atoms. The summed E-state index contributed by atoms with van der Waals surface area (Å²) in [6.07, 6.45) is 0.342. The molecule has 3 aromatic rings. The first-order valence-electron chi connectivity index (χ1n) is 8.37. The maximum atomic E-state index is 12.5. The molecular weight excluding hydrogens is 300 g/mol. The number of rotatable bonds is 5. The topological polar surface area (TPSA) is 44.0 Å². The number of Topliss-reactive ketones (excluding diaryl/α,β-unsaturated/α-hetero) is 1. The van der Waals surface area contributed by atoms with Crippen molar-refractivity contribution in [1.82, 2.24) is 9.13 Å². The lowest BCUT2D eigenvalue weighted by Crippen LogP contribution is -2.23. The number of hydrogen-bond donors (Lipinski definition) is 0. The Kier molecular flexibility index (Phi) is 4.38. The van der Waals surface area contributed by atoms with Gasteiger partial charge < -0.3 is 0 Å². The number of fused-ring (bicyclic) bond motifs is 1. The SMILES string of the molecule is CCn1c(=O)n(CC)c2cc(CC(=O)c3cccc(C)c3)ccc21. The fourth-order valence-electron chi connectivity index (χ4n) is 3.19. The van der Waals surface area contributed by atoms with Crippen molar-refractivity contribution in [2.24, 2.45) is 0 Å². The van der Waals surface area contributed by atoms with Crippen LogP contribution >= 0.6 is 0 Å². The molecule has 24 heavy (non-hydrogen) atoms. The van der Waals surface area contributed by atoms with Gasteiger partial charge in [0.2, 0.25) is 0 Å². The molecule has 0 amide bonds. The van der Waals surface area contributed by atoms with E-state index >= 15 is 0 Å². The predicted molar refractivity (Wildman–Crippen MR) is 96.8 cm³/mol. The second kappa shape index (κ2) is 6.48. The van der Waals surface area contributed by atoms with Crippen molar-refractivity contribution in [1.29, 1.82) is 0 Å². The van der Waals surface area contributed by atoms with Crippen LogP contribution in [0.1, 0.15) is 35.3 Å². The number of carbonyl (C=O) groups is 1. The molecule has 0 fully saturated rings. The summed E-state index contributed by atoms with van der Waals surface area (Å²) >= 11 is 0.